The first-order chi connectivity index (χ1) is 13.6. The molecule has 0 spiro atoms. The van der Waals surface area contributed by atoms with Crippen molar-refractivity contribution in [2.24, 2.45) is 0 Å². The molecule has 28 heavy (non-hydrogen) atoms. The van der Waals surface area contributed by atoms with Gasteiger partial charge in [0.05, 0.1) is 18.8 Å². The quantitative estimate of drug-likeness (QED) is 0.562. The molecule has 0 saturated heterocycles. The molecule has 0 aliphatic carbocycles. The van der Waals surface area contributed by atoms with Gasteiger partial charge >= 0.3 is 0 Å². The average molecular weight is 391 g/mol. The molecular formula is C21H17N3O3S. The molecule has 1 N–H and O–H groups in total. The van der Waals surface area contributed by atoms with Crippen LogP contribution < -0.4 is 15.6 Å². The van der Waals surface area contributed by atoms with Gasteiger partial charge in [-0.2, -0.15) is 0 Å². The van der Waals surface area contributed by atoms with E-state index in [-0.39, 0.29) is 18.0 Å². The second-order valence-electron chi connectivity index (χ2n) is 6.15. The SMILES string of the molecule is COc1ccc(NC(=O)Cn2cnc3sc(-c4ccccc4)cc3c2=O)cc1. The number of ether oxygens (including phenoxy) is 1. The molecule has 2 aromatic heterocycles. The van der Waals surface area contributed by atoms with Crippen LogP contribution in [0.3, 0.4) is 0 Å². The van der Waals surface area contributed by atoms with E-state index in [1.807, 2.05) is 36.4 Å². The lowest BCUT2D eigenvalue weighted by molar-refractivity contribution is -0.116. The molecule has 2 heterocycles. The van der Waals surface area contributed by atoms with Crippen molar-refractivity contribution >= 4 is 33.1 Å². The highest BCUT2D eigenvalue weighted by Crippen LogP contribution is 2.30. The van der Waals surface area contributed by atoms with Gasteiger partial charge in [0, 0.05) is 10.6 Å². The molecule has 0 radical (unpaired) electrons. The fraction of sp³-hybridized carbons (Fsp3) is 0.0952. The summed E-state index contributed by atoms with van der Waals surface area (Å²) in [6.45, 7) is -0.107. The van der Waals surface area contributed by atoms with Crippen molar-refractivity contribution in [1.82, 2.24) is 9.55 Å². The minimum absolute atomic E-state index is 0.107. The van der Waals surface area contributed by atoms with Gasteiger partial charge in [0.1, 0.15) is 17.1 Å². The summed E-state index contributed by atoms with van der Waals surface area (Å²) in [6, 6.07) is 18.7. The number of hydrogen-bond donors (Lipinski definition) is 1. The number of thiophene rings is 1. The maximum Gasteiger partial charge on any atom is 0.262 e. The Hall–Kier alpha value is -3.45. The number of aromatic nitrogens is 2. The predicted octanol–water partition coefficient (Wildman–Crippen LogP) is 3.77. The molecule has 140 valence electrons. The highest BCUT2D eigenvalue weighted by atomic mass is 32.1. The smallest absolute Gasteiger partial charge is 0.262 e. The van der Waals surface area contributed by atoms with Crippen molar-refractivity contribution in [1.29, 1.82) is 0 Å². The van der Waals surface area contributed by atoms with Gasteiger partial charge in [-0.05, 0) is 35.9 Å². The van der Waals surface area contributed by atoms with Crippen LogP contribution >= 0.6 is 11.3 Å². The van der Waals surface area contributed by atoms with Gasteiger partial charge in [-0.1, -0.05) is 30.3 Å². The molecule has 2 aromatic carbocycles. The molecule has 0 aliphatic rings. The number of rotatable bonds is 5. The van der Waals surface area contributed by atoms with Crippen LogP contribution in [0.1, 0.15) is 0 Å². The normalized spacial score (nSPS) is 10.8. The second-order valence-corrected chi connectivity index (χ2v) is 7.18. The lowest BCUT2D eigenvalue weighted by Crippen LogP contribution is -2.27. The van der Waals surface area contributed by atoms with Gasteiger partial charge in [0.2, 0.25) is 5.91 Å². The third-order valence-electron chi connectivity index (χ3n) is 4.26. The van der Waals surface area contributed by atoms with Gasteiger partial charge in [-0.25, -0.2) is 4.98 Å². The maximum atomic E-state index is 12.8. The lowest BCUT2D eigenvalue weighted by atomic mass is 10.2. The molecule has 0 aliphatic heterocycles. The van der Waals surface area contributed by atoms with E-state index in [1.54, 1.807) is 31.4 Å². The van der Waals surface area contributed by atoms with E-state index in [2.05, 4.69) is 10.3 Å². The van der Waals surface area contributed by atoms with Crippen LogP contribution in [-0.4, -0.2) is 22.6 Å². The molecule has 0 unspecified atom stereocenters. The number of amides is 1. The maximum absolute atomic E-state index is 12.8. The number of nitrogens with one attached hydrogen (secondary N) is 1. The van der Waals surface area contributed by atoms with Crippen LogP contribution in [0.2, 0.25) is 0 Å². The Morgan fingerprint density at radius 3 is 2.61 bits per heavy atom. The van der Waals surface area contributed by atoms with Crippen LogP contribution in [0.4, 0.5) is 5.69 Å². The zero-order valence-electron chi connectivity index (χ0n) is 15.1. The van der Waals surface area contributed by atoms with Crippen LogP contribution in [0, 0.1) is 0 Å². The number of nitrogens with zero attached hydrogens (tertiary/aromatic N) is 2. The van der Waals surface area contributed by atoms with Crippen molar-refractivity contribution in [2.45, 2.75) is 6.54 Å². The van der Waals surface area contributed by atoms with Crippen molar-refractivity contribution in [3.8, 4) is 16.2 Å². The van der Waals surface area contributed by atoms with Gasteiger partial charge in [-0.3, -0.25) is 14.2 Å². The van der Waals surface area contributed by atoms with Gasteiger partial charge in [0.15, 0.2) is 0 Å². The summed E-state index contributed by atoms with van der Waals surface area (Å²) in [4.78, 5) is 31.1. The molecular weight excluding hydrogens is 374 g/mol. The molecule has 0 fully saturated rings. The van der Waals surface area contributed by atoms with E-state index in [0.717, 1.165) is 10.4 Å². The van der Waals surface area contributed by atoms with Crippen molar-refractivity contribution in [2.75, 3.05) is 12.4 Å². The Morgan fingerprint density at radius 2 is 1.89 bits per heavy atom. The fourth-order valence-corrected chi connectivity index (χ4v) is 3.84. The molecule has 4 rings (SSSR count). The third-order valence-corrected chi connectivity index (χ3v) is 5.36. The van der Waals surface area contributed by atoms with E-state index in [1.165, 1.54) is 22.2 Å². The summed E-state index contributed by atoms with van der Waals surface area (Å²) in [7, 11) is 1.58. The van der Waals surface area contributed by atoms with Crippen LogP contribution in [-0.2, 0) is 11.3 Å². The summed E-state index contributed by atoms with van der Waals surface area (Å²) in [5.74, 6) is 0.405. The first-order valence-electron chi connectivity index (χ1n) is 8.62. The van der Waals surface area contributed by atoms with Crippen molar-refractivity contribution in [3.63, 3.8) is 0 Å². The fourth-order valence-electron chi connectivity index (χ4n) is 2.85. The number of methoxy groups -OCH3 is 1. The highest BCUT2D eigenvalue weighted by Gasteiger charge is 2.12. The Balaban J connectivity index is 1.56. The van der Waals surface area contributed by atoms with E-state index in [4.69, 9.17) is 4.74 Å². The topological polar surface area (TPSA) is 73.2 Å². The molecule has 6 nitrogen and oxygen atoms in total. The third kappa shape index (κ3) is 3.65. The predicted molar refractivity (Wildman–Crippen MR) is 111 cm³/mol. The summed E-state index contributed by atoms with van der Waals surface area (Å²) >= 11 is 1.46. The Kier molecular flexibility index (Phi) is 4.90. The standard InChI is InChI=1S/C21H17N3O3S/c1-27-16-9-7-15(8-10-16)23-19(25)12-24-13-22-20-17(21(24)26)11-18(28-20)14-5-3-2-4-6-14/h2-11,13H,12H2,1H3,(H,23,25). The molecule has 1 amide bonds. The minimum Gasteiger partial charge on any atom is -0.497 e. The Morgan fingerprint density at radius 1 is 1.14 bits per heavy atom. The van der Waals surface area contributed by atoms with E-state index >= 15 is 0 Å². The summed E-state index contributed by atoms with van der Waals surface area (Å²) in [6.07, 6.45) is 1.42. The van der Waals surface area contributed by atoms with Crippen LogP contribution in [0.25, 0.3) is 20.7 Å². The Labute approximate surface area is 165 Å². The van der Waals surface area contributed by atoms with Crippen molar-refractivity contribution in [3.05, 3.63) is 77.3 Å². The zero-order chi connectivity index (χ0) is 19.5. The van der Waals surface area contributed by atoms with Crippen molar-refractivity contribution < 1.29 is 9.53 Å². The first kappa shape index (κ1) is 17.9. The average Bonchev–Trinajstić information content (AvgIpc) is 3.17. The van der Waals surface area contributed by atoms with Gasteiger partial charge in [-0.15, -0.1) is 11.3 Å². The summed E-state index contributed by atoms with van der Waals surface area (Å²) in [5, 5.41) is 3.29. The highest BCUT2D eigenvalue weighted by molar-refractivity contribution is 7.21. The van der Waals surface area contributed by atoms with E-state index < -0.39 is 0 Å². The number of anilines is 1. The molecule has 4 aromatic rings. The largest absolute Gasteiger partial charge is 0.497 e. The lowest BCUT2D eigenvalue weighted by Gasteiger charge is -2.08. The van der Waals surface area contributed by atoms with Gasteiger partial charge in [0.25, 0.3) is 5.56 Å². The molecule has 7 heteroatoms. The summed E-state index contributed by atoms with van der Waals surface area (Å²) in [5.41, 5.74) is 1.44. The number of carbonyl (C=O) groups excluding carboxylic acids is 1. The molecule has 0 saturated carbocycles. The first-order valence-corrected chi connectivity index (χ1v) is 9.44. The number of carbonyl (C=O) groups is 1. The minimum atomic E-state index is -0.299. The second kappa shape index (κ2) is 7.66. The van der Waals surface area contributed by atoms with Crippen LogP contribution in [0.15, 0.2) is 71.8 Å². The van der Waals surface area contributed by atoms with E-state index in [9.17, 15) is 9.59 Å². The van der Waals surface area contributed by atoms with E-state index in [0.29, 0.717) is 21.7 Å². The number of fused-ring (bicyclic) bond motifs is 1. The molecule has 0 atom stereocenters. The molecule has 0 bridgehead atoms. The number of hydrogen-bond acceptors (Lipinski definition) is 5. The van der Waals surface area contributed by atoms with Crippen LogP contribution in [0.5, 0.6) is 5.75 Å². The Bertz CT molecular complexity index is 1180. The monoisotopic (exact) mass is 391 g/mol. The zero-order valence-corrected chi connectivity index (χ0v) is 15.9. The summed E-state index contributed by atoms with van der Waals surface area (Å²) < 4.78 is 6.42. The van der Waals surface area contributed by atoms with Gasteiger partial charge < -0.3 is 10.1 Å². The number of benzene rings is 2.